The summed E-state index contributed by atoms with van der Waals surface area (Å²) in [5.74, 6) is -3.34. The summed E-state index contributed by atoms with van der Waals surface area (Å²) in [6.45, 7) is 3.91. The zero-order chi connectivity index (χ0) is 28.7. The number of anilines is 2. The summed E-state index contributed by atoms with van der Waals surface area (Å²) in [6.07, 6.45) is 0. The highest BCUT2D eigenvalue weighted by Crippen LogP contribution is 2.46. The summed E-state index contributed by atoms with van der Waals surface area (Å²) in [5, 5.41) is 0. The Morgan fingerprint density at radius 2 is 1.44 bits per heavy atom. The molecule has 0 unspecified atom stereocenters. The second kappa shape index (κ2) is 10.2. The van der Waals surface area contributed by atoms with Crippen molar-refractivity contribution in [3.8, 4) is 5.75 Å². The molecule has 0 amide bonds. The molecule has 1 aliphatic heterocycles. The minimum Gasteiger partial charge on any atom is -0.425 e. The summed E-state index contributed by atoms with van der Waals surface area (Å²) in [5.41, 5.74) is -2.99. The lowest BCUT2D eigenvalue weighted by atomic mass is 9.84. The minimum absolute atomic E-state index is 0.201. The molecule has 12 heteroatoms. The summed E-state index contributed by atoms with van der Waals surface area (Å²) in [7, 11) is -6.15. The first-order valence-electron chi connectivity index (χ1n) is 11.5. The Kier molecular flexibility index (Phi) is 7.26. The number of nitrogens with zero attached hydrogens (tertiary/aromatic N) is 1. The lowest BCUT2D eigenvalue weighted by Crippen LogP contribution is -2.36. The lowest BCUT2D eigenvalue weighted by molar-refractivity contribution is -0.135. The summed E-state index contributed by atoms with van der Waals surface area (Å²) in [6, 6.07) is 16.0. The van der Waals surface area contributed by atoms with Crippen LogP contribution in [0.2, 0.25) is 0 Å². The van der Waals surface area contributed by atoms with Crippen LogP contribution in [0.25, 0.3) is 0 Å². The van der Waals surface area contributed by atoms with Crippen molar-refractivity contribution in [2.24, 2.45) is 0 Å². The maximum atomic E-state index is 13.7. The number of hydrogen-bond donors (Lipinski definition) is 0. The average Bonchev–Trinajstić information content (AvgIpc) is 2.85. The van der Waals surface area contributed by atoms with Gasteiger partial charge in [-0.3, -0.25) is 9.59 Å². The second-order valence-electron chi connectivity index (χ2n) is 8.85. The van der Waals surface area contributed by atoms with Crippen molar-refractivity contribution in [2.45, 2.75) is 32.2 Å². The highest BCUT2D eigenvalue weighted by atomic mass is 32.2. The van der Waals surface area contributed by atoms with Crippen molar-refractivity contribution in [2.75, 3.05) is 11.4 Å². The number of carbonyl (C=O) groups is 3. The maximum Gasteiger partial charge on any atom is 0.534 e. The molecule has 39 heavy (non-hydrogen) atoms. The lowest BCUT2D eigenvalue weighted by Gasteiger charge is -2.36. The van der Waals surface area contributed by atoms with Crippen molar-refractivity contribution in [3.63, 3.8) is 0 Å². The molecule has 0 bridgehead atoms. The third-order valence-electron chi connectivity index (χ3n) is 6.27. The molecule has 0 N–H and O–H groups in total. The summed E-state index contributed by atoms with van der Waals surface area (Å²) in [4.78, 5) is 39.3. The van der Waals surface area contributed by atoms with Crippen LogP contribution >= 0.6 is 0 Å². The Morgan fingerprint density at radius 1 is 0.897 bits per heavy atom. The molecule has 0 fully saturated rings. The maximum absolute atomic E-state index is 13.7. The molecule has 3 aromatic rings. The molecule has 0 atom stereocenters. The van der Waals surface area contributed by atoms with Crippen molar-refractivity contribution in [1.82, 2.24) is 0 Å². The van der Waals surface area contributed by atoms with Gasteiger partial charge in [-0.05, 0) is 49.6 Å². The van der Waals surface area contributed by atoms with E-state index in [2.05, 4.69) is 4.18 Å². The first-order valence-corrected chi connectivity index (χ1v) is 13.0. The number of hydrogen-bond acceptors (Lipinski definition) is 8. The van der Waals surface area contributed by atoms with Gasteiger partial charge in [-0.2, -0.15) is 21.6 Å². The van der Waals surface area contributed by atoms with Gasteiger partial charge in [0, 0.05) is 22.5 Å². The molecule has 3 aromatic carbocycles. The number of Topliss-reactive ketones (excluding diaryl/α,β-unsaturated/α-hetero) is 1. The first kappa shape index (κ1) is 27.8. The molecular weight excluding hydrogens is 539 g/mol. The third-order valence-corrected chi connectivity index (χ3v) is 7.24. The van der Waals surface area contributed by atoms with E-state index in [0.29, 0.717) is 27.8 Å². The van der Waals surface area contributed by atoms with Crippen LogP contribution < -0.4 is 9.64 Å². The molecule has 204 valence electrons. The van der Waals surface area contributed by atoms with E-state index in [-0.39, 0.29) is 22.9 Å². The van der Waals surface area contributed by atoms with Crippen LogP contribution in [0.3, 0.4) is 0 Å². The molecule has 1 heterocycles. The smallest absolute Gasteiger partial charge is 0.425 e. The van der Waals surface area contributed by atoms with Gasteiger partial charge in [0.25, 0.3) is 0 Å². The van der Waals surface area contributed by atoms with Crippen molar-refractivity contribution in [3.05, 3.63) is 88.5 Å². The Bertz CT molecular complexity index is 1550. The molecule has 0 saturated carbocycles. The van der Waals surface area contributed by atoms with Gasteiger partial charge in [-0.15, -0.1) is 0 Å². The van der Waals surface area contributed by atoms with E-state index in [1.807, 2.05) is 0 Å². The molecule has 0 aliphatic carbocycles. The second-order valence-corrected chi connectivity index (χ2v) is 10.4. The van der Waals surface area contributed by atoms with E-state index in [0.717, 1.165) is 0 Å². The normalized spacial score (nSPS) is 13.3. The van der Waals surface area contributed by atoms with Gasteiger partial charge in [-0.25, -0.2) is 4.79 Å². The molecule has 1 aliphatic rings. The van der Waals surface area contributed by atoms with Gasteiger partial charge >= 0.3 is 27.6 Å². The number of fused-ring (bicyclic) bond motifs is 2. The number of aryl methyl sites for hydroxylation is 1. The minimum atomic E-state index is -6.15. The van der Waals surface area contributed by atoms with E-state index in [1.165, 1.54) is 24.0 Å². The van der Waals surface area contributed by atoms with Crippen LogP contribution in [0.5, 0.6) is 5.75 Å². The summed E-state index contributed by atoms with van der Waals surface area (Å²) >= 11 is 0. The van der Waals surface area contributed by atoms with E-state index in [9.17, 15) is 36.0 Å². The van der Waals surface area contributed by atoms with Crippen molar-refractivity contribution < 1.29 is 44.9 Å². The first-order chi connectivity index (χ1) is 18.2. The van der Waals surface area contributed by atoms with E-state index >= 15 is 0 Å². The van der Waals surface area contributed by atoms with Gasteiger partial charge in [0.05, 0.1) is 0 Å². The quantitative estimate of drug-likeness (QED) is 0.135. The zero-order valence-corrected chi connectivity index (χ0v) is 21.7. The Morgan fingerprint density at radius 3 is 1.95 bits per heavy atom. The van der Waals surface area contributed by atoms with Gasteiger partial charge < -0.3 is 13.8 Å². The topological polar surface area (TPSA) is 107 Å². The van der Waals surface area contributed by atoms with Crippen LogP contribution in [0.15, 0.2) is 60.7 Å². The Balaban J connectivity index is 1.74. The predicted molar refractivity (Wildman–Crippen MR) is 134 cm³/mol. The number of benzene rings is 3. The monoisotopic (exact) mass is 561 g/mol. The number of para-hydroxylation sites is 2. The fourth-order valence-corrected chi connectivity index (χ4v) is 4.92. The molecule has 0 aromatic heterocycles. The van der Waals surface area contributed by atoms with Gasteiger partial charge in [0.2, 0.25) is 0 Å². The fraction of sp³-hybridized carbons (Fsp3) is 0.222. The Labute approximate surface area is 222 Å². The SMILES string of the molecule is CC(=O)c1ccc(C)c(OC(=O)C2c3ccccc3N(CC(=O)OS(=O)(=O)C(F)(F)F)c3ccccc32)c1C. The zero-order valence-electron chi connectivity index (χ0n) is 20.9. The molecule has 0 radical (unpaired) electrons. The van der Waals surface area contributed by atoms with Crippen LogP contribution in [-0.2, 0) is 23.9 Å². The van der Waals surface area contributed by atoms with E-state index in [1.54, 1.807) is 62.4 Å². The van der Waals surface area contributed by atoms with Gasteiger partial charge in [0.15, 0.2) is 5.78 Å². The number of alkyl halides is 3. The number of rotatable bonds is 6. The van der Waals surface area contributed by atoms with Crippen LogP contribution in [0.4, 0.5) is 24.5 Å². The number of esters is 1. The Hall–Kier alpha value is -4.19. The number of halogens is 3. The number of ether oxygens (including phenoxy) is 1. The molecular formula is C27H22F3NO7S. The fourth-order valence-electron chi connectivity index (χ4n) is 4.53. The number of carbonyl (C=O) groups excluding carboxylic acids is 3. The predicted octanol–water partition coefficient (Wildman–Crippen LogP) is 5.09. The third kappa shape index (κ3) is 5.24. The van der Waals surface area contributed by atoms with Crippen LogP contribution in [-0.4, -0.2) is 38.2 Å². The highest BCUT2D eigenvalue weighted by molar-refractivity contribution is 7.88. The molecule has 8 nitrogen and oxygen atoms in total. The van der Waals surface area contributed by atoms with Crippen LogP contribution in [0.1, 0.15) is 45.5 Å². The standard InChI is InChI=1S/C27H22F3NO7S/c1-15-12-13-18(17(3)32)16(2)25(15)37-26(34)24-19-8-4-6-10-21(19)31(22-11-7-5-9-20(22)24)14-23(33)38-39(35,36)27(28,29)30/h4-13,24H,14H2,1-3H3. The van der Waals surface area contributed by atoms with E-state index in [4.69, 9.17) is 4.74 Å². The van der Waals surface area contributed by atoms with Crippen LogP contribution in [0, 0.1) is 13.8 Å². The van der Waals surface area contributed by atoms with Gasteiger partial charge in [-0.1, -0.05) is 48.5 Å². The summed E-state index contributed by atoms with van der Waals surface area (Å²) < 4.78 is 70.6. The highest BCUT2D eigenvalue weighted by Gasteiger charge is 2.50. The largest absolute Gasteiger partial charge is 0.534 e. The molecule has 0 spiro atoms. The average molecular weight is 562 g/mol. The molecule has 4 rings (SSSR count). The van der Waals surface area contributed by atoms with Crippen molar-refractivity contribution in [1.29, 1.82) is 0 Å². The van der Waals surface area contributed by atoms with Crippen molar-refractivity contribution >= 4 is 39.2 Å². The van der Waals surface area contributed by atoms with Gasteiger partial charge in [0.1, 0.15) is 18.2 Å². The van der Waals surface area contributed by atoms with E-state index < -0.39 is 40.0 Å². The number of ketones is 1. The molecule has 0 saturated heterocycles.